The van der Waals surface area contributed by atoms with Gasteiger partial charge in [-0.1, -0.05) is 37.6 Å². The summed E-state index contributed by atoms with van der Waals surface area (Å²) >= 11 is 7.51. The molecule has 2 aromatic carbocycles. The summed E-state index contributed by atoms with van der Waals surface area (Å²) < 4.78 is 0. The zero-order chi connectivity index (χ0) is 20.5. The van der Waals surface area contributed by atoms with Crippen LogP contribution in [0.4, 0.5) is 0 Å². The van der Waals surface area contributed by atoms with E-state index in [-0.39, 0.29) is 17.7 Å². The van der Waals surface area contributed by atoms with Crippen molar-refractivity contribution in [2.75, 3.05) is 6.26 Å². The van der Waals surface area contributed by atoms with Crippen molar-refractivity contribution in [2.24, 2.45) is 11.0 Å². The molecular formula is C21H24ClN3O2S. The molecule has 1 unspecified atom stereocenters. The van der Waals surface area contributed by atoms with E-state index < -0.39 is 6.04 Å². The third-order valence-corrected chi connectivity index (χ3v) is 4.94. The highest BCUT2D eigenvalue weighted by molar-refractivity contribution is 7.98. The minimum atomic E-state index is -0.681. The van der Waals surface area contributed by atoms with Crippen molar-refractivity contribution in [3.63, 3.8) is 0 Å². The fraction of sp³-hybridized carbons (Fsp3) is 0.286. The zero-order valence-corrected chi connectivity index (χ0v) is 17.7. The van der Waals surface area contributed by atoms with Gasteiger partial charge in [-0.25, -0.2) is 5.43 Å². The first kappa shape index (κ1) is 22.0. The van der Waals surface area contributed by atoms with Gasteiger partial charge in [0.25, 0.3) is 11.8 Å². The molecule has 0 saturated heterocycles. The van der Waals surface area contributed by atoms with Crippen molar-refractivity contribution in [1.29, 1.82) is 0 Å². The third kappa shape index (κ3) is 7.02. The molecule has 0 radical (unpaired) electrons. The second kappa shape index (κ2) is 10.9. The van der Waals surface area contributed by atoms with Crippen molar-refractivity contribution >= 4 is 41.4 Å². The third-order valence-electron chi connectivity index (χ3n) is 3.94. The van der Waals surface area contributed by atoms with E-state index in [2.05, 4.69) is 15.8 Å². The Bertz CT molecular complexity index is 821. The zero-order valence-electron chi connectivity index (χ0n) is 16.1. The quantitative estimate of drug-likeness (QED) is 0.381. The van der Waals surface area contributed by atoms with Crippen LogP contribution in [0.25, 0.3) is 0 Å². The summed E-state index contributed by atoms with van der Waals surface area (Å²) in [7, 11) is 0. The summed E-state index contributed by atoms with van der Waals surface area (Å²) in [6.45, 7) is 3.98. The maximum Gasteiger partial charge on any atom is 0.262 e. The van der Waals surface area contributed by atoms with Crippen molar-refractivity contribution < 1.29 is 9.59 Å². The normalized spacial score (nSPS) is 12.2. The van der Waals surface area contributed by atoms with Crippen LogP contribution in [0.3, 0.4) is 0 Å². The maximum atomic E-state index is 12.5. The Hall–Kier alpha value is -2.31. The lowest BCUT2D eigenvalue weighted by atomic mass is 10.0. The van der Waals surface area contributed by atoms with Gasteiger partial charge >= 0.3 is 0 Å². The summed E-state index contributed by atoms with van der Waals surface area (Å²) in [4.78, 5) is 26.1. The second-order valence-corrected chi connectivity index (χ2v) is 7.99. The molecule has 2 rings (SSSR count). The van der Waals surface area contributed by atoms with E-state index >= 15 is 0 Å². The lowest BCUT2D eigenvalue weighted by molar-refractivity contribution is -0.123. The summed E-state index contributed by atoms with van der Waals surface area (Å²) in [6, 6.07) is 13.7. The molecule has 0 spiro atoms. The van der Waals surface area contributed by atoms with Gasteiger partial charge in [0, 0.05) is 15.5 Å². The molecule has 0 fully saturated rings. The number of carbonyl (C=O) groups excluding carboxylic acids is 2. The molecule has 0 aromatic heterocycles. The summed E-state index contributed by atoms with van der Waals surface area (Å²) in [5.74, 6) is -0.452. The Morgan fingerprint density at radius 2 is 1.75 bits per heavy atom. The van der Waals surface area contributed by atoms with Crippen molar-refractivity contribution in [2.45, 2.75) is 31.2 Å². The summed E-state index contributed by atoms with van der Waals surface area (Å²) in [5.41, 5.74) is 3.85. The van der Waals surface area contributed by atoms with Crippen LogP contribution in [-0.4, -0.2) is 30.3 Å². The van der Waals surface area contributed by atoms with Gasteiger partial charge in [0.15, 0.2) is 0 Å². The Kier molecular flexibility index (Phi) is 8.54. The number of carbonyl (C=O) groups is 2. The predicted octanol–water partition coefficient (Wildman–Crippen LogP) is 4.36. The van der Waals surface area contributed by atoms with Crippen LogP contribution in [0.2, 0.25) is 5.02 Å². The van der Waals surface area contributed by atoms with Crippen molar-refractivity contribution in [1.82, 2.24) is 10.7 Å². The molecule has 2 N–H and O–H groups in total. The van der Waals surface area contributed by atoms with Gasteiger partial charge in [0.05, 0.1) is 6.21 Å². The number of nitrogens with zero attached hydrogens (tertiary/aromatic N) is 1. The highest BCUT2D eigenvalue weighted by Gasteiger charge is 2.22. The van der Waals surface area contributed by atoms with Gasteiger partial charge in [-0.15, -0.1) is 11.8 Å². The molecule has 2 aromatic rings. The van der Waals surface area contributed by atoms with E-state index in [0.29, 0.717) is 17.0 Å². The van der Waals surface area contributed by atoms with Crippen LogP contribution in [0.5, 0.6) is 0 Å². The molecule has 5 nitrogen and oxygen atoms in total. The number of halogens is 1. The topological polar surface area (TPSA) is 70.6 Å². The Labute approximate surface area is 174 Å². The molecule has 148 valence electrons. The van der Waals surface area contributed by atoms with Crippen LogP contribution >= 0.6 is 23.4 Å². The van der Waals surface area contributed by atoms with E-state index in [1.165, 1.54) is 0 Å². The molecule has 0 saturated carbocycles. The van der Waals surface area contributed by atoms with Crippen molar-refractivity contribution in [3.05, 3.63) is 64.7 Å². The SMILES string of the molecule is CSc1ccc(C=NNC(=O)C(CC(C)C)NC(=O)c2ccc(Cl)cc2)cc1. The first-order chi connectivity index (χ1) is 13.4. The average molecular weight is 418 g/mol. The van der Waals surface area contributed by atoms with E-state index in [9.17, 15) is 9.59 Å². The molecule has 0 heterocycles. The number of nitrogens with one attached hydrogen (secondary N) is 2. The molecule has 7 heteroatoms. The number of hydrogen-bond acceptors (Lipinski definition) is 4. The standard InChI is InChI=1S/C21H24ClN3O2S/c1-14(2)12-19(24-20(26)16-6-8-17(22)9-7-16)21(27)25-23-13-15-4-10-18(28-3)11-5-15/h4-11,13-14,19H,12H2,1-3H3,(H,24,26)(H,25,27). The van der Waals surface area contributed by atoms with Gasteiger partial charge < -0.3 is 5.32 Å². The Morgan fingerprint density at radius 3 is 2.32 bits per heavy atom. The molecule has 2 amide bonds. The number of thioether (sulfide) groups is 1. The molecular weight excluding hydrogens is 394 g/mol. The minimum Gasteiger partial charge on any atom is -0.340 e. The molecule has 28 heavy (non-hydrogen) atoms. The fourth-order valence-electron chi connectivity index (χ4n) is 2.48. The average Bonchev–Trinajstić information content (AvgIpc) is 2.68. The van der Waals surface area contributed by atoms with E-state index in [4.69, 9.17) is 11.6 Å². The Balaban J connectivity index is 2.00. The maximum absolute atomic E-state index is 12.5. The summed E-state index contributed by atoms with van der Waals surface area (Å²) in [5, 5.41) is 7.34. The number of rotatable bonds is 8. The minimum absolute atomic E-state index is 0.226. The lowest BCUT2D eigenvalue weighted by Gasteiger charge is -2.19. The Morgan fingerprint density at radius 1 is 1.11 bits per heavy atom. The predicted molar refractivity (Wildman–Crippen MR) is 116 cm³/mol. The van der Waals surface area contributed by atoms with Crippen LogP contribution in [0, 0.1) is 5.92 Å². The van der Waals surface area contributed by atoms with Gasteiger partial charge in [-0.2, -0.15) is 5.10 Å². The summed E-state index contributed by atoms with van der Waals surface area (Å²) in [6.07, 6.45) is 4.09. The number of hydrazone groups is 1. The van der Waals surface area contributed by atoms with Crippen LogP contribution in [0.1, 0.15) is 36.2 Å². The van der Waals surface area contributed by atoms with E-state index in [1.54, 1.807) is 42.2 Å². The molecule has 0 aliphatic carbocycles. The fourth-order valence-corrected chi connectivity index (χ4v) is 3.02. The largest absolute Gasteiger partial charge is 0.340 e. The second-order valence-electron chi connectivity index (χ2n) is 6.67. The lowest BCUT2D eigenvalue weighted by Crippen LogP contribution is -2.46. The van der Waals surface area contributed by atoms with Crippen LogP contribution in [0.15, 0.2) is 58.5 Å². The number of amides is 2. The first-order valence-electron chi connectivity index (χ1n) is 8.92. The van der Waals surface area contributed by atoms with Gasteiger partial charge in [0.1, 0.15) is 6.04 Å². The van der Waals surface area contributed by atoms with Crippen LogP contribution < -0.4 is 10.7 Å². The smallest absolute Gasteiger partial charge is 0.262 e. The number of hydrogen-bond donors (Lipinski definition) is 2. The monoisotopic (exact) mass is 417 g/mol. The van der Waals surface area contributed by atoms with Crippen LogP contribution in [-0.2, 0) is 4.79 Å². The molecule has 0 bridgehead atoms. The van der Waals surface area contributed by atoms with Crippen molar-refractivity contribution in [3.8, 4) is 0 Å². The molecule has 0 aliphatic rings. The highest BCUT2D eigenvalue weighted by Crippen LogP contribution is 2.14. The highest BCUT2D eigenvalue weighted by atomic mass is 35.5. The van der Waals surface area contributed by atoms with E-state index in [1.807, 2.05) is 44.4 Å². The number of benzene rings is 2. The van der Waals surface area contributed by atoms with E-state index in [0.717, 1.165) is 10.5 Å². The first-order valence-corrected chi connectivity index (χ1v) is 10.5. The van der Waals surface area contributed by atoms with Gasteiger partial charge in [-0.05, 0) is 60.6 Å². The molecule has 1 atom stereocenters. The van der Waals surface area contributed by atoms with Gasteiger partial charge in [0.2, 0.25) is 0 Å². The molecule has 0 aliphatic heterocycles. The van der Waals surface area contributed by atoms with Gasteiger partial charge in [-0.3, -0.25) is 9.59 Å².